The third kappa shape index (κ3) is 6.61. The molecule has 3 N–H and O–H groups in total. The fourth-order valence-corrected chi connectivity index (χ4v) is 2.92. The van der Waals surface area contributed by atoms with Crippen LogP contribution in [0.5, 0.6) is 0 Å². The quantitative estimate of drug-likeness (QED) is 0.588. The smallest absolute Gasteiger partial charge is 0.203 e. The van der Waals surface area contributed by atoms with Crippen molar-refractivity contribution in [1.29, 1.82) is 0 Å². The third-order valence-electron chi connectivity index (χ3n) is 3.40. The second-order valence-corrected chi connectivity index (χ2v) is 6.51. The molecule has 2 aromatic rings. The standard InChI is InChI=1S/C16H19BFN3OS.C2H6/c1-2-21(17)23(22)15-6-3-12(4-7-15)10-20-11-13-9-14(18)5-8-16(13)19;1-2/h3-9,20H,2,10-11,19H2,1H3;1-2H3. The molecule has 1 atom stereocenters. The molecule has 0 aliphatic carbocycles. The monoisotopic (exact) mass is 361 g/mol. The van der Waals surface area contributed by atoms with Crippen LogP contribution < -0.4 is 11.1 Å². The Morgan fingerprint density at radius 3 is 2.40 bits per heavy atom. The van der Waals surface area contributed by atoms with Gasteiger partial charge in [0.25, 0.3) is 0 Å². The lowest BCUT2D eigenvalue weighted by molar-refractivity contribution is 0.620. The molecular weight excluding hydrogens is 336 g/mol. The van der Waals surface area contributed by atoms with E-state index in [1.165, 1.54) is 16.3 Å². The molecule has 0 amide bonds. The third-order valence-corrected chi connectivity index (χ3v) is 4.76. The van der Waals surface area contributed by atoms with Crippen LogP contribution >= 0.6 is 0 Å². The highest BCUT2D eigenvalue weighted by molar-refractivity contribution is 7.83. The first kappa shape index (κ1) is 21.3. The Bertz CT molecular complexity index is 683. The molecule has 0 saturated carbocycles. The lowest BCUT2D eigenvalue weighted by atomic mass is 10.1. The Hall–Kier alpha value is -1.70. The fraction of sp³-hybridized carbons (Fsp3) is 0.333. The van der Waals surface area contributed by atoms with Gasteiger partial charge in [-0.2, -0.15) is 0 Å². The van der Waals surface area contributed by atoms with Gasteiger partial charge in [-0.05, 0) is 48.0 Å². The minimum absolute atomic E-state index is 0.301. The molecule has 7 heteroatoms. The van der Waals surface area contributed by atoms with Gasteiger partial charge < -0.3 is 11.1 Å². The zero-order chi connectivity index (χ0) is 18.8. The number of rotatable bonds is 7. The number of halogens is 1. The number of nitrogens with two attached hydrogens (primary N) is 1. The summed E-state index contributed by atoms with van der Waals surface area (Å²) in [5, 5.41) is 3.21. The number of hydrogen-bond acceptors (Lipinski definition) is 3. The molecule has 0 bridgehead atoms. The molecule has 0 aliphatic heterocycles. The van der Waals surface area contributed by atoms with E-state index >= 15 is 0 Å². The van der Waals surface area contributed by atoms with E-state index in [1.54, 1.807) is 18.2 Å². The zero-order valence-corrected chi connectivity index (χ0v) is 15.8. The number of benzene rings is 2. The summed E-state index contributed by atoms with van der Waals surface area (Å²) < 4.78 is 26.5. The molecule has 4 nitrogen and oxygen atoms in total. The van der Waals surface area contributed by atoms with Crippen LogP contribution in [0.25, 0.3) is 0 Å². The Morgan fingerprint density at radius 1 is 1.16 bits per heavy atom. The van der Waals surface area contributed by atoms with Gasteiger partial charge >= 0.3 is 0 Å². The Labute approximate surface area is 153 Å². The first-order valence-corrected chi connectivity index (χ1v) is 9.39. The van der Waals surface area contributed by atoms with E-state index in [1.807, 2.05) is 32.9 Å². The Morgan fingerprint density at radius 2 is 1.80 bits per heavy atom. The summed E-state index contributed by atoms with van der Waals surface area (Å²) in [6, 6.07) is 11.7. The minimum atomic E-state index is -1.35. The zero-order valence-electron chi connectivity index (χ0n) is 15.0. The first-order valence-electron chi connectivity index (χ1n) is 8.29. The summed E-state index contributed by atoms with van der Waals surface area (Å²) in [5.74, 6) is -0.301. The molecule has 25 heavy (non-hydrogen) atoms. The van der Waals surface area contributed by atoms with Crippen molar-refractivity contribution < 1.29 is 8.60 Å². The van der Waals surface area contributed by atoms with Crippen LogP contribution in [0.2, 0.25) is 0 Å². The lowest BCUT2D eigenvalue weighted by Gasteiger charge is -2.14. The van der Waals surface area contributed by atoms with Crippen molar-refractivity contribution >= 4 is 24.7 Å². The normalized spacial score (nSPS) is 11.7. The highest BCUT2D eigenvalue weighted by Crippen LogP contribution is 2.14. The van der Waals surface area contributed by atoms with Gasteiger partial charge in [-0.25, -0.2) is 8.60 Å². The van der Waals surface area contributed by atoms with Crippen LogP contribution in [0.3, 0.4) is 0 Å². The van der Waals surface area contributed by atoms with Gasteiger partial charge in [0.1, 0.15) is 16.8 Å². The van der Waals surface area contributed by atoms with E-state index in [4.69, 9.17) is 13.7 Å². The van der Waals surface area contributed by atoms with Gasteiger partial charge in [0.15, 0.2) is 0 Å². The van der Waals surface area contributed by atoms with E-state index in [2.05, 4.69) is 5.32 Å². The second kappa shape index (κ2) is 11.0. The number of hydrogen-bond donors (Lipinski definition) is 2. The van der Waals surface area contributed by atoms with Crippen LogP contribution in [0, 0.1) is 5.82 Å². The van der Waals surface area contributed by atoms with Gasteiger partial charge in [0.05, 0.1) is 4.90 Å². The maximum absolute atomic E-state index is 13.2. The minimum Gasteiger partial charge on any atom is -0.398 e. The average molecular weight is 361 g/mol. The molecule has 2 rings (SSSR count). The van der Waals surface area contributed by atoms with Gasteiger partial charge in [0, 0.05) is 18.8 Å². The van der Waals surface area contributed by atoms with Gasteiger partial charge in [-0.15, -0.1) is 0 Å². The van der Waals surface area contributed by atoms with Crippen molar-refractivity contribution in [3.8, 4) is 0 Å². The first-order chi connectivity index (χ1) is 12.0. The van der Waals surface area contributed by atoms with E-state index in [0.717, 1.165) is 11.1 Å². The maximum atomic E-state index is 13.2. The molecule has 1 unspecified atom stereocenters. The summed E-state index contributed by atoms with van der Waals surface area (Å²) in [6.45, 7) is 7.42. The number of anilines is 1. The molecule has 0 aliphatic rings. The van der Waals surface area contributed by atoms with E-state index in [-0.39, 0.29) is 5.82 Å². The largest absolute Gasteiger partial charge is 0.398 e. The van der Waals surface area contributed by atoms with Gasteiger partial charge in [-0.3, -0.25) is 4.22 Å². The SMILES string of the molecule is CC.[B]N(CC)S(=O)c1ccc(CNCc2cc(F)ccc2N)cc1. The van der Waals surface area contributed by atoms with Gasteiger partial charge in [0.2, 0.25) is 7.98 Å². The number of nitrogens with one attached hydrogen (secondary N) is 1. The molecule has 134 valence electrons. The summed E-state index contributed by atoms with van der Waals surface area (Å²) >= 11 is 0. The van der Waals surface area contributed by atoms with Crippen LogP contribution in [0.1, 0.15) is 31.9 Å². The molecular formula is C18H25BFN3OS. The molecule has 0 aromatic heterocycles. The highest BCUT2D eigenvalue weighted by atomic mass is 32.2. The van der Waals surface area contributed by atoms with Crippen molar-refractivity contribution in [1.82, 2.24) is 9.53 Å². The summed E-state index contributed by atoms with van der Waals surface area (Å²) in [5.41, 5.74) is 8.12. The molecule has 0 heterocycles. The van der Waals surface area contributed by atoms with Crippen molar-refractivity contribution in [2.75, 3.05) is 12.3 Å². The van der Waals surface area contributed by atoms with Crippen LogP contribution in [0.4, 0.5) is 10.1 Å². The summed E-state index contributed by atoms with van der Waals surface area (Å²) in [7, 11) is 4.29. The van der Waals surface area contributed by atoms with Crippen molar-refractivity contribution in [2.45, 2.75) is 38.8 Å². The van der Waals surface area contributed by atoms with Crippen molar-refractivity contribution in [2.24, 2.45) is 0 Å². The predicted octanol–water partition coefficient (Wildman–Crippen LogP) is 3.15. The topological polar surface area (TPSA) is 58.4 Å². The number of nitrogens with zero attached hydrogens (tertiary/aromatic N) is 1. The maximum Gasteiger partial charge on any atom is 0.203 e. The van der Waals surface area contributed by atoms with E-state index < -0.39 is 11.0 Å². The summed E-state index contributed by atoms with van der Waals surface area (Å²) in [4.78, 5) is 0.660. The summed E-state index contributed by atoms with van der Waals surface area (Å²) in [6.07, 6.45) is 0. The van der Waals surface area contributed by atoms with E-state index in [0.29, 0.717) is 30.2 Å². The lowest BCUT2D eigenvalue weighted by Crippen LogP contribution is -2.22. The molecule has 2 aromatic carbocycles. The average Bonchev–Trinajstić information content (AvgIpc) is 2.65. The number of nitrogen functional groups attached to an aromatic ring is 1. The van der Waals surface area contributed by atoms with Crippen molar-refractivity contribution in [3.05, 3.63) is 59.4 Å². The molecule has 2 radical (unpaired) electrons. The molecule has 0 spiro atoms. The predicted molar refractivity (Wildman–Crippen MR) is 104 cm³/mol. The molecule has 0 fully saturated rings. The Balaban J connectivity index is 0.00000151. The fourth-order valence-electron chi connectivity index (χ4n) is 2.05. The van der Waals surface area contributed by atoms with Crippen molar-refractivity contribution in [3.63, 3.8) is 0 Å². The molecule has 0 saturated heterocycles. The Kier molecular flexibility index (Phi) is 9.41. The van der Waals surface area contributed by atoms with Crippen LogP contribution in [-0.2, 0) is 24.1 Å². The van der Waals surface area contributed by atoms with E-state index in [9.17, 15) is 8.60 Å². The van der Waals surface area contributed by atoms with Gasteiger partial charge in [-0.1, -0.05) is 32.9 Å². The highest BCUT2D eigenvalue weighted by Gasteiger charge is 2.08. The second-order valence-electron chi connectivity index (χ2n) is 5.07. The van der Waals surface area contributed by atoms with Crippen LogP contribution in [-0.4, -0.2) is 23.0 Å². The van der Waals surface area contributed by atoms with Crippen LogP contribution in [0.15, 0.2) is 47.4 Å².